The summed E-state index contributed by atoms with van der Waals surface area (Å²) in [7, 11) is 1.59. The topological polar surface area (TPSA) is 67.9 Å². The second kappa shape index (κ2) is 8.55. The van der Waals surface area contributed by atoms with Gasteiger partial charge in [-0.3, -0.25) is 9.59 Å². The Kier molecular flexibility index (Phi) is 5.69. The molecule has 4 rings (SSSR count). The second-order valence-electron chi connectivity index (χ2n) is 7.64. The lowest BCUT2D eigenvalue weighted by Crippen LogP contribution is -2.28. The Bertz CT molecular complexity index is 875. The molecule has 2 aromatic rings. The zero-order chi connectivity index (χ0) is 20.2. The fourth-order valence-electron chi connectivity index (χ4n) is 3.97. The van der Waals surface area contributed by atoms with E-state index < -0.39 is 0 Å². The van der Waals surface area contributed by atoms with E-state index in [-0.39, 0.29) is 24.2 Å². The molecule has 1 unspecified atom stereocenters. The summed E-state index contributed by atoms with van der Waals surface area (Å²) in [4.78, 5) is 26.8. The van der Waals surface area contributed by atoms with Crippen LogP contribution in [0.1, 0.15) is 32.1 Å². The third-order valence-electron chi connectivity index (χ3n) is 5.59. The number of nitrogens with one attached hydrogen (secondary N) is 1. The molecule has 2 amide bonds. The molecular weight excluding hydrogens is 368 g/mol. The summed E-state index contributed by atoms with van der Waals surface area (Å²) in [5, 5.41) is 2.92. The van der Waals surface area contributed by atoms with Gasteiger partial charge in [-0.25, -0.2) is 0 Å². The highest BCUT2D eigenvalue weighted by atomic mass is 16.5. The molecule has 2 aliphatic rings. The standard InChI is InChI=1S/C23H26N2O4/c1-28-21-8-4-5-18(14-21)25-15-16(13-22(25)26)23(27)24-17-9-11-20(12-10-17)29-19-6-2-3-7-19/h4-5,8-12,14,16,19H,2-3,6-7,13,15H2,1H3,(H,24,27). The van der Waals surface area contributed by atoms with Crippen LogP contribution in [0, 0.1) is 5.92 Å². The highest BCUT2D eigenvalue weighted by molar-refractivity contribution is 6.03. The lowest BCUT2D eigenvalue weighted by Gasteiger charge is -2.17. The number of methoxy groups -OCH3 is 1. The lowest BCUT2D eigenvalue weighted by molar-refractivity contribution is -0.122. The van der Waals surface area contributed by atoms with Crippen molar-refractivity contribution in [1.29, 1.82) is 0 Å². The molecule has 0 bridgehead atoms. The monoisotopic (exact) mass is 394 g/mol. The van der Waals surface area contributed by atoms with Crippen molar-refractivity contribution in [1.82, 2.24) is 0 Å². The molecule has 2 aromatic carbocycles. The molecule has 6 nitrogen and oxygen atoms in total. The van der Waals surface area contributed by atoms with E-state index in [2.05, 4.69) is 5.32 Å². The number of rotatable bonds is 6. The quantitative estimate of drug-likeness (QED) is 0.804. The van der Waals surface area contributed by atoms with Crippen molar-refractivity contribution in [2.75, 3.05) is 23.9 Å². The Labute approximate surface area is 170 Å². The van der Waals surface area contributed by atoms with Crippen LogP contribution in [0.25, 0.3) is 0 Å². The predicted molar refractivity (Wildman–Crippen MR) is 111 cm³/mol. The highest BCUT2D eigenvalue weighted by Gasteiger charge is 2.35. The van der Waals surface area contributed by atoms with Crippen molar-refractivity contribution in [3.05, 3.63) is 48.5 Å². The molecule has 29 heavy (non-hydrogen) atoms. The van der Waals surface area contributed by atoms with Crippen LogP contribution in [-0.4, -0.2) is 31.6 Å². The third kappa shape index (κ3) is 4.53. The first kappa shape index (κ1) is 19.3. The summed E-state index contributed by atoms with van der Waals surface area (Å²) < 4.78 is 11.2. The van der Waals surface area contributed by atoms with Gasteiger partial charge in [-0.05, 0) is 62.1 Å². The number of nitrogens with zero attached hydrogens (tertiary/aromatic N) is 1. The first-order valence-electron chi connectivity index (χ1n) is 10.1. The van der Waals surface area contributed by atoms with Gasteiger partial charge in [0.15, 0.2) is 0 Å². The van der Waals surface area contributed by atoms with Gasteiger partial charge in [-0.2, -0.15) is 0 Å². The molecule has 1 saturated carbocycles. The summed E-state index contributed by atoms with van der Waals surface area (Å²) >= 11 is 0. The Balaban J connectivity index is 1.35. The van der Waals surface area contributed by atoms with Gasteiger partial charge < -0.3 is 19.7 Å². The van der Waals surface area contributed by atoms with E-state index in [1.54, 1.807) is 18.1 Å². The van der Waals surface area contributed by atoms with Crippen LogP contribution >= 0.6 is 0 Å². The number of benzene rings is 2. The minimum atomic E-state index is -0.386. The molecular formula is C23H26N2O4. The van der Waals surface area contributed by atoms with Crippen LogP contribution in [0.5, 0.6) is 11.5 Å². The van der Waals surface area contributed by atoms with E-state index in [1.807, 2.05) is 42.5 Å². The average molecular weight is 394 g/mol. The lowest BCUT2D eigenvalue weighted by atomic mass is 10.1. The Morgan fingerprint density at radius 1 is 1.07 bits per heavy atom. The summed E-state index contributed by atoms with van der Waals surface area (Å²) in [6, 6.07) is 14.8. The van der Waals surface area contributed by atoms with E-state index in [4.69, 9.17) is 9.47 Å². The molecule has 1 atom stereocenters. The van der Waals surface area contributed by atoms with Gasteiger partial charge in [0.1, 0.15) is 11.5 Å². The summed E-state index contributed by atoms with van der Waals surface area (Å²) in [5.74, 6) is 0.924. The maximum Gasteiger partial charge on any atom is 0.229 e. The van der Waals surface area contributed by atoms with Crippen LogP contribution in [0.3, 0.4) is 0 Å². The normalized spacial score (nSPS) is 19.4. The SMILES string of the molecule is COc1cccc(N2CC(C(=O)Nc3ccc(OC4CCCC4)cc3)CC2=O)c1. The maximum absolute atomic E-state index is 12.7. The van der Waals surface area contributed by atoms with Crippen molar-refractivity contribution in [3.63, 3.8) is 0 Å². The zero-order valence-electron chi connectivity index (χ0n) is 16.6. The third-order valence-corrected chi connectivity index (χ3v) is 5.59. The molecule has 152 valence electrons. The molecule has 1 aliphatic carbocycles. The fourth-order valence-corrected chi connectivity index (χ4v) is 3.97. The van der Waals surface area contributed by atoms with Gasteiger partial charge in [-0.1, -0.05) is 6.07 Å². The average Bonchev–Trinajstić information content (AvgIpc) is 3.39. The summed E-state index contributed by atoms with van der Waals surface area (Å²) in [5.41, 5.74) is 1.46. The number of ether oxygens (including phenoxy) is 2. The molecule has 2 fully saturated rings. The number of amides is 2. The van der Waals surface area contributed by atoms with Crippen molar-refractivity contribution >= 4 is 23.2 Å². The highest BCUT2D eigenvalue weighted by Crippen LogP contribution is 2.29. The number of hydrogen-bond donors (Lipinski definition) is 1. The number of anilines is 2. The van der Waals surface area contributed by atoms with Crippen LogP contribution < -0.4 is 19.7 Å². The Hall–Kier alpha value is -3.02. The number of carbonyl (C=O) groups excluding carboxylic acids is 2. The summed E-state index contributed by atoms with van der Waals surface area (Å²) in [6.07, 6.45) is 5.18. The van der Waals surface area contributed by atoms with Gasteiger partial charge >= 0.3 is 0 Å². The first-order chi connectivity index (χ1) is 14.1. The summed E-state index contributed by atoms with van der Waals surface area (Å²) in [6.45, 7) is 0.362. The van der Waals surface area contributed by atoms with Crippen LogP contribution in [0.2, 0.25) is 0 Å². The van der Waals surface area contributed by atoms with Gasteiger partial charge in [0.2, 0.25) is 11.8 Å². The van der Waals surface area contributed by atoms with E-state index in [0.717, 1.165) is 24.3 Å². The molecule has 0 spiro atoms. The largest absolute Gasteiger partial charge is 0.497 e. The molecule has 1 saturated heterocycles. The smallest absolute Gasteiger partial charge is 0.229 e. The van der Waals surface area contributed by atoms with Gasteiger partial charge in [0.05, 0.1) is 19.1 Å². The minimum Gasteiger partial charge on any atom is -0.497 e. The zero-order valence-corrected chi connectivity index (χ0v) is 16.6. The van der Waals surface area contributed by atoms with Crippen LogP contribution in [0.4, 0.5) is 11.4 Å². The van der Waals surface area contributed by atoms with Gasteiger partial charge in [0.25, 0.3) is 0 Å². The molecule has 6 heteroatoms. The molecule has 1 aliphatic heterocycles. The molecule has 0 aromatic heterocycles. The first-order valence-corrected chi connectivity index (χ1v) is 10.1. The molecule has 1 heterocycles. The minimum absolute atomic E-state index is 0.0567. The maximum atomic E-state index is 12.7. The van der Waals surface area contributed by atoms with E-state index in [9.17, 15) is 9.59 Å². The van der Waals surface area contributed by atoms with Crippen molar-refractivity contribution in [2.24, 2.45) is 5.92 Å². The van der Waals surface area contributed by atoms with E-state index >= 15 is 0 Å². The van der Waals surface area contributed by atoms with Crippen LogP contribution in [0.15, 0.2) is 48.5 Å². The van der Waals surface area contributed by atoms with Gasteiger partial charge in [-0.15, -0.1) is 0 Å². The number of hydrogen-bond acceptors (Lipinski definition) is 4. The van der Waals surface area contributed by atoms with Crippen molar-refractivity contribution < 1.29 is 19.1 Å². The van der Waals surface area contributed by atoms with Crippen molar-refractivity contribution in [3.8, 4) is 11.5 Å². The fraction of sp³-hybridized carbons (Fsp3) is 0.391. The number of carbonyl (C=O) groups is 2. The molecule has 1 N–H and O–H groups in total. The second-order valence-corrected chi connectivity index (χ2v) is 7.64. The molecule has 0 radical (unpaired) electrons. The van der Waals surface area contributed by atoms with E-state index in [0.29, 0.717) is 24.1 Å². The predicted octanol–water partition coefficient (Wildman–Crippen LogP) is 4.01. The Morgan fingerprint density at radius 3 is 2.55 bits per heavy atom. The Morgan fingerprint density at radius 2 is 1.83 bits per heavy atom. The van der Waals surface area contributed by atoms with E-state index in [1.165, 1.54) is 12.8 Å². The van der Waals surface area contributed by atoms with Gasteiger partial charge in [0, 0.05) is 30.4 Å². The van der Waals surface area contributed by atoms with Crippen molar-refractivity contribution in [2.45, 2.75) is 38.2 Å². The van der Waals surface area contributed by atoms with Crippen LogP contribution in [-0.2, 0) is 9.59 Å².